The molecule has 0 aromatic carbocycles. The molecule has 2 aromatic rings. The van der Waals surface area contributed by atoms with Crippen molar-refractivity contribution in [2.45, 2.75) is 20.4 Å². The number of aromatic nitrogens is 3. The lowest BCUT2D eigenvalue weighted by Gasteiger charge is -2.06. The highest BCUT2D eigenvalue weighted by molar-refractivity contribution is 5.94. The molecule has 0 aliphatic heterocycles. The average Bonchev–Trinajstić information content (AvgIpc) is 2.35. The summed E-state index contributed by atoms with van der Waals surface area (Å²) in [4.78, 5) is 24.2. The zero-order valence-corrected chi connectivity index (χ0v) is 10.8. The van der Waals surface area contributed by atoms with E-state index in [1.165, 1.54) is 0 Å². The smallest absolute Gasteiger partial charge is 0.251 e. The zero-order chi connectivity index (χ0) is 13.8. The fourth-order valence-corrected chi connectivity index (χ4v) is 1.70. The fourth-order valence-electron chi connectivity index (χ4n) is 1.70. The standard InChI is InChI=1S/C13H15N5O/c1-8-5-10(6-12(14)17-8)13(19)16-7-11-3-4-15-9(2)18-11/h3-6H,7H2,1-2H3,(H2,14,17)(H,16,19). The van der Waals surface area contributed by atoms with E-state index in [2.05, 4.69) is 20.3 Å². The second-order valence-corrected chi connectivity index (χ2v) is 4.20. The molecular formula is C13H15N5O. The highest BCUT2D eigenvalue weighted by Gasteiger charge is 2.07. The maximum absolute atomic E-state index is 12.0. The number of carbonyl (C=O) groups is 1. The topological polar surface area (TPSA) is 93.8 Å². The van der Waals surface area contributed by atoms with Crippen LogP contribution < -0.4 is 11.1 Å². The van der Waals surface area contributed by atoms with Gasteiger partial charge in [-0.2, -0.15) is 0 Å². The minimum absolute atomic E-state index is 0.200. The Labute approximate surface area is 111 Å². The van der Waals surface area contributed by atoms with Gasteiger partial charge in [0.1, 0.15) is 11.6 Å². The second-order valence-electron chi connectivity index (χ2n) is 4.20. The normalized spacial score (nSPS) is 10.2. The zero-order valence-electron chi connectivity index (χ0n) is 10.8. The van der Waals surface area contributed by atoms with Crippen molar-refractivity contribution in [3.8, 4) is 0 Å². The summed E-state index contributed by atoms with van der Waals surface area (Å²) in [5.41, 5.74) is 7.58. The molecule has 1 amide bonds. The number of aryl methyl sites for hydroxylation is 2. The highest BCUT2D eigenvalue weighted by atomic mass is 16.1. The number of nitrogens with zero attached hydrogens (tertiary/aromatic N) is 3. The third-order valence-corrected chi connectivity index (χ3v) is 2.50. The summed E-state index contributed by atoms with van der Waals surface area (Å²) in [7, 11) is 0. The van der Waals surface area contributed by atoms with Crippen molar-refractivity contribution in [1.82, 2.24) is 20.3 Å². The van der Waals surface area contributed by atoms with Crippen molar-refractivity contribution >= 4 is 11.7 Å². The quantitative estimate of drug-likeness (QED) is 0.855. The van der Waals surface area contributed by atoms with Gasteiger partial charge in [0, 0.05) is 17.5 Å². The van der Waals surface area contributed by atoms with Crippen LogP contribution >= 0.6 is 0 Å². The van der Waals surface area contributed by atoms with Crippen molar-refractivity contribution in [3.63, 3.8) is 0 Å². The number of hydrogen-bond donors (Lipinski definition) is 2. The lowest BCUT2D eigenvalue weighted by atomic mass is 10.2. The monoisotopic (exact) mass is 257 g/mol. The predicted molar refractivity (Wildman–Crippen MR) is 71.3 cm³/mol. The summed E-state index contributed by atoms with van der Waals surface area (Å²) in [6.45, 7) is 3.95. The number of nitrogen functional groups attached to an aromatic ring is 1. The van der Waals surface area contributed by atoms with Crippen LogP contribution in [-0.2, 0) is 6.54 Å². The number of nitrogens with two attached hydrogens (primary N) is 1. The van der Waals surface area contributed by atoms with Crippen LogP contribution in [0.1, 0.15) is 27.6 Å². The molecule has 0 unspecified atom stereocenters. The van der Waals surface area contributed by atoms with Crippen LogP contribution in [-0.4, -0.2) is 20.9 Å². The van der Waals surface area contributed by atoms with Crippen LogP contribution in [0.25, 0.3) is 0 Å². The molecule has 0 saturated heterocycles. The molecule has 0 aliphatic carbocycles. The Balaban J connectivity index is 2.05. The largest absolute Gasteiger partial charge is 0.384 e. The van der Waals surface area contributed by atoms with Gasteiger partial charge in [0.25, 0.3) is 5.91 Å². The second kappa shape index (κ2) is 5.43. The van der Waals surface area contributed by atoms with Crippen LogP contribution in [0.15, 0.2) is 24.4 Å². The van der Waals surface area contributed by atoms with Gasteiger partial charge in [0.05, 0.1) is 12.2 Å². The maximum atomic E-state index is 12.0. The van der Waals surface area contributed by atoms with Crippen molar-refractivity contribution in [2.75, 3.05) is 5.73 Å². The highest BCUT2D eigenvalue weighted by Crippen LogP contribution is 2.07. The first-order chi connectivity index (χ1) is 9.04. The van der Waals surface area contributed by atoms with Gasteiger partial charge in [-0.1, -0.05) is 0 Å². The minimum atomic E-state index is -0.200. The number of rotatable bonds is 3. The van der Waals surface area contributed by atoms with E-state index in [1.807, 2.05) is 0 Å². The summed E-state index contributed by atoms with van der Waals surface area (Å²) in [5.74, 6) is 0.812. The molecule has 2 rings (SSSR count). The van der Waals surface area contributed by atoms with Gasteiger partial charge in [-0.05, 0) is 32.0 Å². The number of carbonyl (C=O) groups excluding carboxylic acids is 1. The Morgan fingerprint density at radius 1 is 1.32 bits per heavy atom. The van der Waals surface area contributed by atoms with Gasteiger partial charge in [-0.25, -0.2) is 15.0 Å². The number of nitrogens with one attached hydrogen (secondary N) is 1. The summed E-state index contributed by atoms with van der Waals surface area (Å²) >= 11 is 0. The first kappa shape index (κ1) is 12.9. The summed E-state index contributed by atoms with van der Waals surface area (Å²) < 4.78 is 0. The molecular weight excluding hydrogens is 242 g/mol. The Morgan fingerprint density at radius 3 is 2.79 bits per heavy atom. The van der Waals surface area contributed by atoms with E-state index >= 15 is 0 Å². The van der Waals surface area contributed by atoms with Crippen LogP contribution in [0.3, 0.4) is 0 Å². The van der Waals surface area contributed by atoms with Gasteiger partial charge in [-0.15, -0.1) is 0 Å². The Kier molecular flexibility index (Phi) is 3.70. The SMILES string of the molecule is Cc1cc(C(=O)NCc2ccnc(C)n2)cc(N)n1. The number of hydrogen-bond acceptors (Lipinski definition) is 5. The van der Waals surface area contributed by atoms with E-state index in [9.17, 15) is 4.79 Å². The molecule has 6 heteroatoms. The third-order valence-electron chi connectivity index (χ3n) is 2.50. The molecule has 19 heavy (non-hydrogen) atoms. The van der Waals surface area contributed by atoms with Crippen LogP contribution in [0, 0.1) is 13.8 Å². The predicted octanol–water partition coefficient (Wildman–Crippen LogP) is 1.00. The summed E-state index contributed by atoms with van der Waals surface area (Å²) in [6, 6.07) is 5.00. The Hall–Kier alpha value is -2.50. The maximum Gasteiger partial charge on any atom is 0.251 e. The van der Waals surface area contributed by atoms with Crippen molar-refractivity contribution in [3.05, 3.63) is 47.2 Å². The summed E-state index contributed by atoms with van der Waals surface area (Å²) in [5, 5.41) is 2.78. The minimum Gasteiger partial charge on any atom is -0.384 e. The van der Waals surface area contributed by atoms with Gasteiger partial charge >= 0.3 is 0 Å². The first-order valence-corrected chi connectivity index (χ1v) is 5.85. The lowest BCUT2D eigenvalue weighted by molar-refractivity contribution is 0.0950. The molecule has 0 aliphatic rings. The Bertz CT molecular complexity index is 591. The van der Waals surface area contributed by atoms with Crippen LogP contribution in [0.5, 0.6) is 0 Å². The molecule has 6 nitrogen and oxygen atoms in total. The van der Waals surface area contributed by atoms with Crippen molar-refractivity contribution in [2.24, 2.45) is 0 Å². The molecule has 2 aromatic heterocycles. The third kappa shape index (κ3) is 3.48. The molecule has 0 radical (unpaired) electrons. The van der Waals surface area contributed by atoms with Crippen LogP contribution in [0.2, 0.25) is 0 Å². The van der Waals surface area contributed by atoms with E-state index in [4.69, 9.17) is 5.73 Å². The average molecular weight is 257 g/mol. The number of pyridine rings is 1. The molecule has 0 bridgehead atoms. The first-order valence-electron chi connectivity index (χ1n) is 5.85. The molecule has 0 fully saturated rings. The molecule has 0 saturated carbocycles. The number of amides is 1. The Morgan fingerprint density at radius 2 is 2.11 bits per heavy atom. The summed E-state index contributed by atoms with van der Waals surface area (Å²) in [6.07, 6.45) is 1.67. The molecule has 2 heterocycles. The molecule has 98 valence electrons. The molecule has 0 spiro atoms. The van der Waals surface area contributed by atoms with Crippen LogP contribution in [0.4, 0.5) is 5.82 Å². The van der Waals surface area contributed by atoms with Gasteiger partial charge < -0.3 is 11.1 Å². The van der Waals surface area contributed by atoms with Crippen molar-refractivity contribution in [1.29, 1.82) is 0 Å². The lowest BCUT2D eigenvalue weighted by Crippen LogP contribution is -2.23. The number of anilines is 1. The van der Waals surface area contributed by atoms with Gasteiger partial charge in [-0.3, -0.25) is 4.79 Å². The fraction of sp³-hybridized carbons (Fsp3) is 0.231. The van der Waals surface area contributed by atoms with E-state index < -0.39 is 0 Å². The van der Waals surface area contributed by atoms with Crippen molar-refractivity contribution < 1.29 is 4.79 Å². The van der Waals surface area contributed by atoms with E-state index in [0.29, 0.717) is 29.4 Å². The molecule has 3 N–H and O–H groups in total. The molecule has 0 atom stereocenters. The van der Waals surface area contributed by atoms with Gasteiger partial charge in [0.2, 0.25) is 0 Å². The van der Waals surface area contributed by atoms with Gasteiger partial charge in [0.15, 0.2) is 0 Å². The van der Waals surface area contributed by atoms with E-state index in [0.717, 1.165) is 5.69 Å². The van der Waals surface area contributed by atoms with E-state index in [-0.39, 0.29) is 5.91 Å². The van der Waals surface area contributed by atoms with E-state index in [1.54, 1.807) is 38.2 Å².